The summed E-state index contributed by atoms with van der Waals surface area (Å²) in [7, 11) is 0. The molecule has 0 aliphatic heterocycles. The van der Waals surface area contributed by atoms with Gasteiger partial charge in [0.25, 0.3) is 0 Å². The minimum atomic E-state index is 0.887. The Balaban J connectivity index is 2.99. The molecule has 0 fully saturated rings. The maximum atomic E-state index is 5.06. The van der Waals surface area contributed by atoms with Crippen molar-refractivity contribution in [1.82, 2.24) is 0 Å². The lowest BCUT2D eigenvalue weighted by atomic mass is 10.1. The third-order valence-electron chi connectivity index (χ3n) is 1.70. The molecule has 60 valence electrons. The van der Waals surface area contributed by atoms with E-state index in [0.29, 0.717) is 0 Å². The molecule has 1 aromatic rings. The van der Waals surface area contributed by atoms with Crippen molar-refractivity contribution in [3.63, 3.8) is 0 Å². The molecule has 0 aromatic heterocycles. The van der Waals surface area contributed by atoms with E-state index in [1.54, 1.807) is 0 Å². The molecule has 0 aliphatic carbocycles. The van der Waals surface area contributed by atoms with Gasteiger partial charge in [-0.3, -0.25) is 0 Å². The van der Waals surface area contributed by atoms with Crippen molar-refractivity contribution < 1.29 is 0 Å². The van der Waals surface area contributed by atoms with E-state index in [-0.39, 0.29) is 0 Å². The van der Waals surface area contributed by atoms with Gasteiger partial charge in [-0.2, -0.15) is 0 Å². The minimum absolute atomic E-state index is 0.887. The molecule has 12 heavy (non-hydrogen) atoms. The highest BCUT2D eigenvalue weighted by Crippen LogP contribution is 2.04. The Kier molecular flexibility index (Phi) is 2.66. The molecule has 1 aromatic carbocycles. The van der Waals surface area contributed by atoms with Gasteiger partial charge in [-0.05, 0) is 19.4 Å². The molecule has 0 radical (unpaired) electrons. The first-order valence-electron chi connectivity index (χ1n) is 3.81. The lowest BCUT2D eigenvalue weighted by Gasteiger charge is -1.98. The lowest BCUT2D eigenvalue weighted by molar-refractivity contribution is 1.45. The van der Waals surface area contributed by atoms with Crippen LogP contribution in [0.3, 0.4) is 0 Å². The van der Waals surface area contributed by atoms with Gasteiger partial charge in [-0.15, -0.1) is 0 Å². The molecule has 0 unspecified atom stereocenters. The zero-order chi connectivity index (χ0) is 8.97. The number of hydrogen-bond acceptors (Lipinski definition) is 1. The van der Waals surface area contributed by atoms with Crippen molar-refractivity contribution >= 4 is 5.71 Å². The smallest absolute Gasteiger partial charge is 0.0552 e. The number of aliphatic imine (C=N–C) groups is 1. The van der Waals surface area contributed by atoms with E-state index in [9.17, 15) is 0 Å². The van der Waals surface area contributed by atoms with E-state index in [1.165, 1.54) is 5.56 Å². The van der Waals surface area contributed by atoms with Crippen LogP contribution < -0.4 is 0 Å². The van der Waals surface area contributed by atoms with Gasteiger partial charge < -0.3 is 0 Å². The van der Waals surface area contributed by atoms with E-state index < -0.39 is 0 Å². The Labute approximate surface area is 73.2 Å². The van der Waals surface area contributed by atoms with Crippen LogP contribution in [0.15, 0.2) is 29.3 Å². The molecule has 0 heterocycles. The summed E-state index contributed by atoms with van der Waals surface area (Å²) >= 11 is 0. The molecule has 0 N–H and O–H groups in total. The molecule has 0 aliphatic rings. The normalized spacial score (nSPS) is 10.9. The third kappa shape index (κ3) is 1.96. The number of rotatable bonds is 1. The van der Waals surface area contributed by atoms with Gasteiger partial charge in [0.05, 0.1) is 5.71 Å². The van der Waals surface area contributed by atoms with Crippen molar-refractivity contribution in [1.29, 1.82) is 0 Å². The summed E-state index contributed by atoms with van der Waals surface area (Å²) < 4.78 is 0. The molecule has 0 saturated heterocycles. The molecule has 1 nitrogen and oxygen atoms in total. The van der Waals surface area contributed by atoms with Crippen LogP contribution in [0.25, 0.3) is 0 Å². The average molecular weight is 157 g/mol. The van der Waals surface area contributed by atoms with E-state index >= 15 is 0 Å². The fraction of sp³-hybridized carbons (Fsp3) is 0.182. The quantitative estimate of drug-likeness (QED) is 0.438. The minimum Gasteiger partial charge on any atom is -0.202 e. The molecule has 0 spiro atoms. The molecular formula is C11H11N. The van der Waals surface area contributed by atoms with E-state index in [4.69, 9.17) is 6.42 Å². The fourth-order valence-electron chi connectivity index (χ4n) is 0.956. The highest BCUT2D eigenvalue weighted by molar-refractivity contribution is 5.99. The Morgan fingerprint density at radius 1 is 1.33 bits per heavy atom. The van der Waals surface area contributed by atoms with E-state index in [0.717, 1.165) is 11.3 Å². The highest BCUT2D eigenvalue weighted by Gasteiger charge is 1.94. The Bertz CT molecular complexity index is 325. The van der Waals surface area contributed by atoms with E-state index in [1.807, 2.05) is 31.2 Å². The standard InChI is InChI=1S/C11H11N/c1-4-12-10(3)11-7-5-9(2)6-8-11/h1,5-8H,2-3H3. The van der Waals surface area contributed by atoms with Gasteiger partial charge in [-0.1, -0.05) is 36.3 Å². The second-order valence-electron chi connectivity index (χ2n) is 2.69. The van der Waals surface area contributed by atoms with Crippen LogP contribution in [-0.4, -0.2) is 5.71 Å². The second-order valence-corrected chi connectivity index (χ2v) is 2.69. The molecule has 1 heteroatoms. The summed E-state index contributed by atoms with van der Waals surface area (Å²) in [5, 5.41) is 0. The van der Waals surface area contributed by atoms with Crippen molar-refractivity contribution in [3.8, 4) is 12.5 Å². The van der Waals surface area contributed by atoms with Gasteiger partial charge in [0.2, 0.25) is 0 Å². The van der Waals surface area contributed by atoms with Crippen LogP contribution in [0.2, 0.25) is 0 Å². The average Bonchev–Trinajstić information content (AvgIpc) is 2.06. The maximum absolute atomic E-state index is 5.06. The SMILES string of the molecule is C#CN=C(C)c1ccc(C)cc1. The Morgan fingerprint density at radius 3 is 2.42 bits per heavy atom. The van der Waals surface area contributed by atoms with Gasteiger partial charge in [-0.25, -0.2) is 4.99 Å². The van der Waals surface area contributed by atoms with Crippen LogP contribution >= 0.6 is 0 Å². The third-order valence-corrected chi connectivity index (χ3v) is 1.70. The Morgan fingerprint density at radius 2 is 1.92 bits per heavy atom. The van der Waals surface area contributed by atoms with Crippen LogP contribution in [0, 0.1) is 19.4 Å². The van der Waals surface area contributed by atoms with Crippen LogP contribution in [0.5, 0.6) is 0 Å². The van der Waals surface area contributed by atoms with Gasteiger partial charge in [0.1, 0.15) is 0 Å². The van der Waals surface area contributed by atoms with Crippen LogP contribution in [0.1, 0.15) is 18.1 Å². The summed E-state index contributed by atoms with van der Waals surface area (Å²) in [6.45, 7) is 3.96. The zero-order valence-electron chi connectivity index (χ0n) is 7.33. The van der Waals surface area contributed by atoms with Crippen molar-refractivity contribution in [3.05, 3.63) is 35.4 Å². The number of nitrogens with zero attached hydrogens (tertiary/aromatic N) is 1. The molecule has 0 bridgehead atoms. The van der Waals surface area contributed by atoms with Gasteiger partial charge in [0, 0.05) is 6.04 Å². The van der Waals surface area contributed by atoms with Crippen LogP contribution in [0.4, 0.5) is 0 Å². The summed E-state index contributed by atoms with van der Waals surface area (Å²) in [6, 6.07) is 10.4. The van der Waals surface area contributed by atoms with Gasteiger partial charge >= 0.3 is 0 Å². The summed E-state index contributed by atoms with van der Waals surface area (Å²) in [5.41, 5.74) is 3.21. The number of benzene rings is 1. The summed E-state index contributed by atoms with van der Waals surface area (Å²) in [5.74, 6) is 0. The topological polar surface area (TPSA) is 12.4 Å². The molecule has 0 saturated carbocycles. The molecular weight excluding hydrogens is 146 g/mol. The zero-order valence-corrected chi connectivity index (χ0v) is 7.33. The first-order valence-corrected chi connectivity index (χ1v) is 3.81. The van der Waals surface area contributed by atoms with Crippen LogP contribution in [-0.2, 0) is 0 Å². The predicted octanol–water partition coefficient (Wildman–Crippen LogP) is 2.39. The molecule has 0 atom stereocenters. The first kappa shape index (κ1) is 8.55. The second kappa shape index (κ2) is 3.73. The van der Waals surface area contributed by atoms with Crippen molar-refractivity contribution in [2.45, 2.75) is 13.8 Å². The molecule has 0 amide bonds. The van der Waals surface area contributed by atoms with Gasteiger partial charge in [0.15, 0.2) is 0 Å². The number of aryl methyl sites for hydroxylation is 1. The van der Waals surface area contributed by atoms with Crippen molar-refractivity contribution in [2.75, 3.05) is 0 Å². The fourth-order valence-corrected chi connectivity index (χ4v) is 0.956. The summed E-state index contributed by atoms with van der Waals surface area (Å²) in [4.78, 5) is 3.87. The van der Waals surface area contributed by atoms with Crippen molar-refractivity contribution in [2.24, 2.45) is 4.99 Å². The summed E-state index contributed by atoms with van der Waals surface area (Å²) in [6.07, 6.45) is 5.06. The maximum Gasteiger partial charge on any atom is 0.0552 e. The number of hydrogen-bond donors (Lipinski definition) is 0. The number of terminal acetylenes is 1. The molecule has 1 rings (SSSR count). The largest absolute Gasteiger partial charge is 0.202 e. The highest BCUT2D eigenvalue weighted by atomic mass is 14.7. The Hall–Kier alpha value is -1.55. The monoisotopic (exact) mass is 157 g/mol. The first-order chi connectivity index (χ1) is 5.74. The van der Waals surface area contributed by atoms with E-state index in [2.05, 4.69) is 18.0 Å². The lowest BCUT2D eigenvalue weighted by Crippen LogP contribution is -1.92. The predicted molar refractivity (Wildman–Crippen MR) is 52.2 cm³/mol.